The Morgan fingerprint density at radius 3 is 2.96 bits per heavy atom. The Morgan fingerprint density at radius 1 is 1.37 bits per heavy atom. The standard InChI is InChI=1S/C20H21FN4O2/c21-16-8-17(9-22)25(13-16)20(26)18-6-7-27-19(18)15-10-23-24(12-15)11-14-4-2-1-3-5-14/h1-5,10,12,16-19H,6-8,11,13H2/t16?,17?,18-,19+/m1/s1. The highest BCUT2D eigenvalue weighted by molar-refractivity contribution is 5.81. The van der Waals surface area contributed by atoms with Crippen LogP contribution in [-0.4, -0.2) is 46.0 Å². The topological polar surface area (TPSA) is 71.2 Å². The second-order valence-electron chi connectivity index (χ2n) is 7.11. The summed E-state index contributed by atoms with van der Waals surface area (Å²) in [5, 5.41) is 13.6. The van der Waals surface area contributed by atoms with Gasteiger partial charge in [-0.25, -0.2) is 4.39 Å². The van der Waals surface area contributed by atoms with Crippen molar-refractivity contribution in [2.45, 2.75) is 37.7 Å². The molecule has 0 spiro atoms. The molecule has 0 bridgehead atoms. The zero-order valence-electron chi connectivity index (χ0n) is 14.9. The van der Waals surface area contributed by atoms with Crippen molar-refractivity contribution in [3.63, 3.8) is 0 Å². The number of nitrogens with zero attached hydrogens (tertiary/aromatic N) is 4. The van der Waals surface area contributed by atoms with Gasteiger partial charge in [0.25, 0.3) is 0 Å². The average Bonchev–Trinajstić information content (AvgIpc) is 3.40. The van der Waals surface area contributed by atoms with Crippen LogP contribution < -0.4 is 0 Å². The Morgan fingerprint density at radius 2 is 2.19 bits per heavy atom. The molecule has 1 amide bonds. The van der Waals surface area contributed by atoms with Crippen molar-refractivity contribution in [3.05, 3.63) is 53.9 Å². The smallest absolute Gasteiger partial charge is 0.229 e. The van der Waals surface area contributed by atoms with Gasteiger partial charge in [-0.1, -0.05) is 30.3 Å². The van der Waals surface area contributed by atoms with E-state index in [2.05, 4.69) is 5.10 Å². The van der Waals surface area contributed by atoms with Crippen molar-refractivity contribution < 1.29 is 13.9 Å². The first-order valence-electron chi connectivity index (χ1n) is 9.17. The minimum atomic E-state index is -1.13. The summed E-state index contributed by atoms with van der Waals surface area (Å²) >= 11 is 0. The van der Waals surface area contributed by atoms with Gasteiger partial charge in [-0.3, -0.25) is 9.48 Å². The van der Waals surface area contributed by atoms with Crippen LogP contribution in [0.15, 0.2) is 42.7 Å². The van der Waals surface area contributed by atoms with Crippen LogP contribution in [-0.2, 0) is 16.1 Å². The molecule has 1 aromatic carbocycles. The molecule has 6 nitrogen and oxygen atoms in total. The lowest BCUT2D eigenvalue weighted by Crippen LogP contribution is -2.40. The average molecular weight is 368 g/mol. The third-order valence-electron chi connectivity index (χ3n) is 5.26. The van der Waals surface area contributed by atoms with Gasteiger partial charge in [-0.15, -0.1) is 0 Å². The predicted molar refractivity (Wildman–Crippen MR) is 95.2 cm³/mol. The number of nitriles is 1. The summed E-state index contributed by atoms with van der Waals surface area (Å²) in [6, 6.07) is 11.3. The van der Waals surface area contributed by atoms with Gasteiger partial charge in [0.15, 0.2) is 0 Å². The number of aromatic nitrogens is 2. The van der Waals surface area contributed by atoms with Crippen molar-refractivity contribution in [3.8, 4) is 6.07 Å². The predicted octanol–water partition coefficient (Wildman–Crippen LogP) is 2.47. The zero-order valence-corrected chi connectivity index (χ0v) is 14.9. The number of alkyl halides is 1. The maximum absolute atomic E-state index is 13.7. The van der Waals surface area contributed by atoms with Crippen LogP contribution in [0, 0.1) is 17.2 Å². The molecule has 3 heterocycles. The number of rotatable bonds is 4. The fourth-order valence-electron chi connectivity index (χ4n) is 3.92. The van der Waals surface area contributed by atoms with E-state index in [9.17, 15) is 14.4 Å². The first-order valence-corrected chi connectivity index (χ1v) is 9.17. The van der Waals surface area contributed by atoms with E-state index in [-0.39, 0.29) is 18.9 Å². The van der Waals surface area contributed by atoms with E-state index in [4.69, 9.17) is 4.74 Å². The van der Waals surface area contributed by atoms with E-state index < -0.39 is 24.2 Å². The number of hydrogen-bond donors (Lipinski definition) is 0. The molecule has 7 heteroatoms. The maximum Gasteiger partial charge on any atom is 0.229 e. The molecular weight excluding hydrogens is 347 g/mol. The molecule has 2 unspecified atom stereocenters. The molecule has 4 atom stereocenters. The SMILES string of the molecule is N#CC1CC(F)CN1C(=O)[C@@H]1CCO[C@H]1c1cnn(Cc2ccccc2)c1. The number of halogens is 1. The summed E-state index contributed by atoms with van der Waals surface area (Å²) in [6.45, 7) is 1.10. The van der Waals surface area contributed by atoms with E-state index >= 15 is 0 Å². The van der Waals surface area contributed by atoms with Crippen LogP contribution >= 0.6 is 0 Å². The number of amides is 1. The van der Waals surface area contributed by atoms with Gasteiger partial charge < -0.3 is 9.64 Å². The monoisotopic (exact) mass is 368 g/mol. The van der Waals surface area contributed by atoms with Crippen LogP contribution in [0.2, 0.25) is 0 Å². The lowest BCUT2D eigenvalue weighted by molar-refractivity contribution is -0.137. The van der Waals surface area contributed by atoms with Gasteiger partial charge in [-0.05, 0) is 12.0 Å². The molecule has 4 rings (SSSR count). The first kappa shape index (κ1) is 17.7. The van der Waals surface area contributed by atoms with Gasteiger partial charge >= 0.3 is 0 Å². The van der Waals surface area contributed by atoms with Gasteiger partial charge in [0.1, 0.15) is 12.2 Å². The fourth-order valence-corrected chi connectivity index (χ4v) is 3.92. The normalized spacial score (nSPS) is 27.6. The second-order valence-corrected chi connectivity index (χ2v) is 7.11. The summed E-state index contributed by atoms with van der Waals surface area (Å²) in [4.78, 5) is 14.3. The van der Waals surface area contributed by atoms with Crippen molar-refractivity contribution in [2.24, 2.45) is 5.92 Å². The Labute approximate surface area is 157 Å². The van der Waals surface area contributed by atoms with E-state index in [1.54, 1.807) is 6.20 Å². The molecule has 2 saturated heterocycles. The highest BCUT2D eigenvalue weighted by Crippen LogP contribution is 2.37. The molecular formula is C20H21FN4O2. The number of hydrogen-bond acceptors (Lipinski definition) is 4. The summed E-state index contributed by atoms with van der Waals surface area (Å²) < 4.78 is 21.3. The minimum Gasteiger partial charge on any atom is -0.373 e. The highest BCUT2D eigenvalue weighted by atomic mass is 19.1. The molecule has 0 N–H and O–H groups in total. The fraction of sp³-hybridized carbons (Fsp3) is 0.450. The Balaban J connectivity index is 1.49. The van der Waals surface area contributed by atoms with Crippen molar-refractivity contribution in [2.75, 3.05) is 13.2 Å². The Hall–Kier alpha value is -2.72. The van der Waals surface area contributed by atoms with Crippen LogP contribution in [0.5, 0.6) is 0 Å². The summed E-state index contributed by atoms with van der Waals surface area (Å²) in [6.07, 6.45) is 2.75. The lowest BCUT2D eigenvalue weighted by Gasteiger charge is -2.25. The molecule has 0 radical (unpaired) electrons. The lowest BCUT2D eigenvalue weighted by atomic mass is 9.95. The molecule has 140 valence electrons. The second kappa shape index (κ2) is 7.49. The van der Waals surface area contributed by atoms with Crippen molar-refractivity contribution in [1.82, 2.24) is 14.7 Å². The summed E-state index contributed by atoms with van der Waals surface area (Å²) in [5.74, 6) is -0.597. The quantitative estimate of drug-likeness (QED) is 0.831. The number of ether oxygens (including phenoxy) is 1. The Kier molecular flexibility index (Phi) is 4.90. The van der Waals surface area contributed by atoms with E-state index in [1.807, 2.05) is 47.3 Å². The van der Waals surface area contributed by atoms with Gasteiger partial charge in [0, 0.05) is 24.8 Å². The van der Waals surface area contributed by atoms with Gasteiger partial charge in [0.2, 0.25) is 5.91 Å². The minimum absolute atomic E-state index is 0.00640. The number of likely N-dealkylation sites (tertiary alicyclic amines) is 1. The third kappa shape index (κ3) is 3.58. The number of carbonyl (C=O) groups is 1. The molecule has 0 saturated carbocycles. The van der Waals surface area contributed by atoms with Gasteiger partial charge in [0.05, 0.1) is 37.4 Å². The van der Waals surface area contributed by atoms with E-state index in [0.29, 0.717) is 19.6 Å². The van der Waals surface area contributed by atoms with Crippen molar-refractivity contribution in [1.29, 1.82) is 5.26 Å². The van der Waals surface area contributed by atoms with E-state index in [1.165, 1.54) is 4.90 Å². The summed E-state index contributed by atoms with van der Waals surface area (Å²) in [7, 11) is 0. The van der Waals surface area contributed by atoms with E-state index in [0.717, 1.165) is 11.1 Å². The number of benzene rings is 1. The molecule has 2 aromatic rings. The molecule has 0 aliphatic carbocycles. The maximum atomic E-state index is 13.7. The third-order valence-corrected chi connectivity index (χ3v) is 5.26. The van der Waals surface area contributed by atoms with Crippen molar-refractivity contribution >= 4 is 5.91 Å². The molecule has 27 heavy (non-hydrogen) atoms. The number of carbonyl (C=O) groups excluding carboxylic acids is 1. The van der Waals surface area contributed by atoms with Crippen LogP contribution in [0.3, 0.4) is 0 Å². The van der Waals surface area contributed by atoms with Crippen LogP contribution in [0.4, 0.5) is 4.39 Å². The largest absolute Gasteiger partial charge is 0.373 e. The zero-order chi connectivity index (χ0) is 18.8. The Bertz CT molecular complexity index is 847. The summed E-state index contributed by atoms with van der Waals surface area (Å²) in [5.41, 5.74) is 1.97. The molecule has 2 fully saturated rings. The van der Waals surface area contributed by atoms with Gasteiger partial charge in [-0.2, -0.15) is 10.4 Å². The molecule has 2 aliphatic heterocycles. The molecule has 1 aromatic heterocycles. The first-order chi connectivity index (χ1) is 13.2. The van der Waals surface area contributed by atoms with Crippen LogP contribution in [0.1, 0.15) is 30.1 Å². The van der Waals surface area contributed by atoms with Crippen LogP contribution in [0.25, 0.3) is 0 Å². The highest BCUT2D eigenvalue weighted by Gasteiger charge is 2.43. The molecule has 2 aliphatic rings.